The molecule has 20 heavy (non-hydrogen) atoms. The number of fused-ring (bicyclic) bond motifs is 1. The smallest absolute Gasteiger partial charge is 0.222 e. The minimum absolute atomic E-state index is 0.290. The molecule has 4 nitrogen and oxygen atoms in total. The van der Waals surface area contributed by atoms with E-state index in [0.29, 0.717) is 11.9 Å². The molecular formula is C14H18N4S2. The van der Waals surface area contributed by atoms with Gasteiger partial charge in [0.05, 0.1) is 0 Å². The zero-order valence-corrected chi connectivity index (χ0v) is 13.2. The van der Waals surface area contributed by atoms with Crippen molar-refractivity contribution in [3.05, 3.63) is 29.8 Å². The van der Waals surface area contributed by atoms with Gasteiger partial charge in [0.15, 0.2) is 5.16 Å². The molecule has 0 aliphatic carbocycles. The molecule has 1 aromatic carbocycles. The standard InChI is InChI=1S/C14H18N4S2/c1-9(2)18-13(15)16-17-14(18)20-8-10-7-19-12-6-4-3-5-11(10)12/h3-6,9-10H,7-8H2,1-2H3,(H2,15,16). The minimum atomic E-state index is 0.290. The highest BCUT2D eigenvalue weighted by Gasteiger charge is 2.24. The van der Waals surface area contributed by atoms with Crippen molar-refractivity contribution in [3.63, 3.8) is 0 Å². The maximum Gasteiger partial charge on any atom is 0.222 e. The van der Waals surface area contributed by atoms with Gasteiger partial charge in [-0.2, -0.15) is 0 Å². The van der Waals surface area contributed by atoms with E-state index in [0.717, 1.165) is 16.7 Å². The van der Waals surface area contributed by atoms with Crippen molar-refractivity contribution in [1.29, 1.82) is 0 Å². The zero-order valence-electron chi connectivity index (χ0n) is 11.6. The summed E-state index contributed by atoms with van der Waals surface area (Å²) in [4.78, 5) is 1.42. The van der Waals surface area contributed by atoms with Crippen LogP contribution in [0.5, 0.6) is 0 Å². The molecule has 0 saturated carbocycles. The molecule has 2 heterocycles. The predicted octanol–water partition coefficient (Wildman–Crippen LogP) is 3.42. The Kier molecular flexibility index (Phi) is 3.94. The monoisotopic (exact) mass is 306 g/mol. The fourth-order valence-corrected chi connectivity index (χ4v) is 5.01. The van der Waals surface area contributed by atoms with E-state index in [-0.39, 0.29) is 6.04 Å². The number of nitrogen functional groups attached to an aromatic ring is 1. The molecule has 0 amide bonds. The van der Waals surface area contributed by atoms with E-state index in [1.165, 1.54) is 10.5 Å². The number of rotatable bonds is 4. The average molecular weight is 306 g/mol. The fourth-order valence-electron chi connectivity index (χ4n) is 2.41. The molecule has 6 heteroatoms. The Morgan fingerprint density at radius 1 is 1.40 bits per heavy atom. The summed E-state index contributed by atoms with van der Waals surface area (Å²) in [7, 11) is 0. The van der Waals surface area contributed by atoms with Gasteiger partial charge in [-0.05, 0) is 25.5 Å². The first-order chi connectivity index (χ1) is 9.66. The molecule has 0 radical (unpaired) electrons. The van der Waals surface area contributed by atoms with E-state index in [4.69, 9.17) is 5.73 Å². The van der Waals surface area contributed by atoms with Gasteiger partial charge in [0.1, 0.15) is 0 Å². The van der Waals surface area contributed by atoms with Crippen molar-refractivity contribution >= 4 is 29.5 Å². The molecular weight excluding hydrogens is 288 g/mol. The molecule has 1 unspecified atom stereocenters. The van der Waals surface area contributed by atoms with Gasteiger partial charge in [-0.3, -0.25) is 4.57 Å². The van der Waals surface area contributed by atoms with Gasteiger partial charge in [-0.1, -0.05) is 30.0 Å². The second kappa shape index (κ2) is 5.69. The fraction of sp³-hybridized carbons (Fsp3) is 0.429. The van der Waals surface area contributed by atoms with Gasteiger partial charge in [0.2, 0.25) is 5.95 Å². The highest BCUT2D eigenvalue weighted by atomic mass is 32.2. The quantitative estimate of drug-likeness (QED) is 0.877. The number of hydrogen-bond acceptors (Lipinski definition) is 5. The Hall–Kier alpha value is -1.14. The minimum Gasteiger partial charge on any atom is -0.368 e. The van der Waals surface area contributed by atoms with Crippen molar-refractivity contribution < 1.29 is 0 Å². The highest BCUT2D eigenvalue weighted by molar-refractivity contribution is 8.00. The number of thioether (sulfide) groups is 2. The molecule has 1 aromatic heterocycles. The first-order valence-corrected chi connectivity index (χ1v) is 8.69. The molecule has 2 aromatic rings. The van der Waals surface area contributed by atoms with Gasteiger partial charge in [-0.25, -0.2) is 0 Å². The topological polar surface area (TPSA) is 56.7 Å². The molecule has 0 saturated heterocycles. The van der Waals surface area contributed by atoms with Crippen LogP contribution in [0.2, 0.25) is 0 Å². The van der Waals surface area contributed by atoms with Crippen LogP contribution >= 0.6 is 23.5 Å². The lowest BCUT2D eigenvalue weighted by Gasteiger charge is -2.13. The molecule has 0 spiro atoms. The maximum absolute atomic E-state index is 5.87. The maximum atomic E-state index is 5.87. The second-order valence-electron chi connectivity index (χ2n) is 5.16. The molecule has 2 N–H and O–H groups in total. The van der Waals surface area contributed by atoms with Gasteiger partial charge < -0.3 is 5.73 Å². The lowest BCUT2D eigenvalue weighted by atomic mass is 10.0. The van der Waals surface area contributed by atoms with E-state index < -0.39 is 0 Å². The second-order valence-corrected chi connectivity index (χ2v) is 7.21. The lowest BCUT2D eigenvalue weighted by Crippen LogP contribution is -2.08. The van der Waals surface area contributed by atoms with E-state index >= 15 is 0 Å². The van der Waals surface area contributed by atoms with Gasteiger partial charge >= 0.3 is 0 Å². The molecule has 1 aliphatic rings. The van der Waals surface area contributed by atoms with E-state index in [9.17, 15) is 0 Å². The summed E-state index contributed by atoms with van der Waals surface area (Å²) in [6.07, 6.45) is 0. The van der Waals surface area contributed by atoms with Crippen LogP contribution in [0.25, 0.3) is 0 Å². The largest absolute Gasteiger partial charge is 0.368 e. The first kappa shape index (κ1) is 13.8. The third kappa shape index (κ3) is 2.54. The predicted molar refractivity (Wildman–Crippen MR) is 85.5 cm³/mol. The van der Waals surface area contributed by atoms with Crippen molar-refractivity contribution in [2.24, 2.45) is 0 Å². The molecule has 0 fully saturated rings. The number of hydrogen-bond donors (Lipinski definition) is 1. The summed E-state index contributed by atoms with van der Waals surface area (Å²) < 4.78 is 2.00. The summed E-state index contributed by atoms with van der Waals surface area (Å²) >= 11 is 3.70. The van der Waals surface area contributed by atoms with Crippen molar-refractivity contribution in [3.8, 4) is 0 Å². The highest BCUT2D eigenvalue weighted by Crippen LogP contribution is 2.41. The van der Waals surface area contributed by atoms with Crippen molar-refractivity contribution in [1.82, 2.24) is 14.8 Å². The summed E-state index contributed by atoms with van der Waals surface area (Å²) in [5, 5.41) is 9.11. The van der Waals surface area contributed by atoms with E-state index in [1.807, 2.05) is 16.3 Å². The third-order valence-electron chi connectivity index (χ3n) is 3.42. The molecule has 0 bridgehead atoms. The summed E-state index contributed by atoms with van der Waals surface area (Å²) in [5.41, 5.74) is 7.34. The first-order valence-electron chi connectivity index (χ1n) is 6.71. The van der Waals surface area contributed by atoms with Crippen LogP contribution in [0, 0.1) is 0 Å². The van der Waals surface area contributed by atoms with Crippen LogP contribution in [0.1, 0.15) is 31.4 Å². The number of anilines is 1. The summed E-state index contributed by atoms with van der Waals surface area (Å²) in [6.45, 7) is 4.20. The number of aromatic nitrogens is 3. The number of nitrogens with two attached hydrogens (primary N) is 1. The Labute approximate surface area is 127 Å². The van der Waals surface area contributed by atoms with Gasteiger partial charge in [0, 0.05) is 28.4 Å². The molecule has 1 aliphatic heterocycles. The van der Waals surface area contributed by atoms with Gasteiger partial charge in [-0.15, -0.1) is 22.0 Å². The Bertz CT molecular complexity index is 609. The van der Waals surface area contributed by atoms with Crippen LogP contribution in [0.4, 0.5) is 5.95 Å². The normalized spacial score (nSPS) is 17.6. The van der Waals surface area contributed by atoms with Crippen molar-refractivity contribution in [2.45, 2.75) is 35.9 Å². The van der Waals surface area contributed by atoms with Crippen LogP contribution in [0.15, 0.2) is 34.3 Å². The summed E-state index contributed by atoms with van der Waals surface area (Å²) in [6, 6.07) is 8.97. The van der Waals surface area contributed by atoms with Gasteiger partial charge in [0.25, 0.3) is 0 Å². The molecule has 106 valence electrons. The van der Waals surface area contributed by atoms with Crippen LogP contribution in [0.3, 0.4) is 0 Å². The zero-order chi connectivity index (χ0) is 14.1. The SMILES string of the molecule is CC(C)n1c(N)nnc1SCC1CSc2ccccc21. The Morgan fingerprint density at radius 2 is 2.20 bits per heavy atom. The number of benzene rings is 1. The van der Waals surface area contributed by atoms with Crippen molar-refractivity contribution in [2.75, 3.05) is 17.2 Å². The molecule has 1 atom stereocenters. The summed E-state index contributed by atoms with van der Waals surface area (Å²) in [5.74, 6) is 3.26. The van der Waals surface area contributed by atoms with E-state index in [2.05, 4.69) is 48.3 Å². The Morgan fingerprint density at radius 3 is 3.00 bits per heavy atom. The van der Waals surface area contributed by atoms with Crippen LogP contribution in [-0.4, -0.2) is 26.3 Å². The van der Waals surface area contributed by atoms with Crippen LogP contribution < -0.4 is 5.73 Å². The lowest BCUT2D eigenvalue weighted by molar-refractivity contribution is 0.557. The van der Waals surface area contributed by atoms with Crippen LogP contribution in [-0.2, 0) is 0 Å². The number of nitrogens with zero attached hydrogens (tertiary/aromatic N) is 3. The molecule has 3 rings (SSSR count). The third-order valence-corrected chi connectivity index (χ3v) is 5.78. The van der Waals surface area contributed by atoms with E-state index in [1.54, 1.807) is 11.8 Å². The Balaban J connectivity index is 1.72. The average Bonchev–Trinajstić information content (AvgIpc) is 3.00.